The highest BCUT2D eigenvalue weighted by Gasteiger charge is 2.09. The number of thioether (sulfide) groups is 1. The van der Waals surface area contributed by atoms with E-state index in [2.05, 4.69) is 24.1 Å². The van der Waals surface area contributed by atoms with Crippen LogP contribution in [0.1, 0.15) is 25.1 Å². The highest BCUT2D eigenvalue weighted by Crippen LogP contribution is 2.20. The summed E-state index contributed by atoms with van der Waals surface area (Å²) in [4.78, 5) is 16.4. The van der Waals surface area contributed by atoms with Crippen LogP contribution in [0.4, 0.5) is 10.5 Å². The van der Waals surface area contributed by atoms with Gasteiger partial charge in [-0.15, -0.1) is 0 Å². The van der Waals surface area contributed by atoms with Crippen LogP contribution in [0.2, 0.25) is 5.02 Å². The van der Waals surface area contributed by atoms with Crippen molar-refractivity contribution in [1.82, 2.24) is 4.98 Å². The second kappa shape index (κ2) is 8.20. The second-order valence-electron chi connectivity index (χ2n) is 5.42. The zero-order valence-electron chi connectivity index (χ0n) is 12.7. The first-order valence-corrected chi connectivity index (χ1v) is 8.53. The number of rotatable bonds is 5. The fraction of sp³-hybridized carbons (Fsp3) is 0.294. The molecule has 0 bridgehead atoms. The number of nitrogens with zero attached hydrogens (tertiary/aromatic N) is 1. The van der Waals surface area contributed by atoms with E-state index in [1.54, 1.807) is 6.20 Å². The molecule has 1 heterocycles. The van der Waals surface area contributed by atoms with Gasteiger partial charge < -0.3 is 5.32 Å². The molecule has 0 radical (unpaired) electrons. The first-order valence-electron chi connectivity index (χ1n) is 7.16. The Labute approximate surface area is 140 Å². The molecule has 0 aliphatic rings. The first kappa shape index (κ1) is 16.8. The third-order valence-corrected chi connectivity index (χ3v) is 4.41. The van der Waals surface area contributed by atoms with E-state index in [4.69, 9.17) is 11.6 Å². The molecular formula is C17H19ClN2OS. The summed E-state index contributed by atoms with van der Waals surface area (Å²) >= 11 is 7.20. The fourth-order valence-corrected chi connectivity index (χ4v) is 2.67. The number of pyridine rings is 1. The van der Waals surface area contributed by atoms with Gasteiger partial charge in [-0.1, -0.05) is 49.3 Å². The quantitative estimate of drug-likeness (QED) is 0.812. The van der Waals surface area contributed by atoms with E-state index in [1.165, 1.54) is 11.8 Å². The van der Waals surface area contributed by atoms with Crippen LogP contribution in [0.15, 0.2) is 42.6 Å². The van der Waals surface area contributed by atoms with Crippen LogP contribution in [0, 0.1) is 5.92 Å². The lowest BCUT2D eigenvalue weighted by molar-refractivity contribution is 0.269. The number of anilines is 1. The maximum Gasteiger partial charge on any atom is 0.283 e. The normalized spacial score (nSPS) is 10.7. The lowest BCUT2D eigenvalue weighted by Gasteiger charge is -2.10. The predicted octanol–water partition coefficient (Wildman–Crippen LogP) is 5.25. The molecule has 2 aromatic rings. The van der Waals surface area contributed by atoms with E-state index in [1.807, 2.05) is 36.4 Å². The van der Waals surface area contributed by atoms with Crippen molar-refractivity contribution in [2.24, 2.45) is 5.92 Å². The largest absolute Gasteiger partial charge is 0.315 e. The standard InChI is InChI=1S/C17H19ClN2OS/c1-12(2)11-22-17(21)20-15-4-3-9-19-16(15)10-13-5-7-14(18)8-6-13/h3-9,12H,10-11H2,1-2H3,(H,20,21). The van der Waals surface area contributed by atoms with Gasteiger partial charge in [0.15, 0.2) is 0 Å². The van der Waals surface area contributed by atoms with Crippen molar-refractivity contribution < 1.29 is 4.79 Å². The Bertz CT molecular complexity index is 629. The fourth-order valence-electron chi connectivity index (χ4n) is 1.88. The molecule has 1 amide bonds. The number of halogens is 1. The summed E-state index contributed by atoms with van der Waals surface area (Å²) in [6.45, 7) is 4.19. The number of aromatic nitrogens is 1. The topological polar surface area (TPSA) is 42.0 Å². The summed E-state index contributed by atoms with van der Waals surface area (Å²) < 4.78 is 0. The minimum absolute atomic E-state index is 0.0425. The van der Waals surface area contributed by atoms with Crippen molar-refractivity contribution in [3.8, 4) is 0 Å². The Kier molecular flexibility index (Phi) is 6.28. The average molecular weight is 335 g/mol. The second-order valence-corrected chi connectivity index (χ2v) is 6.85. The van der Waals surface area contributed by atoms with Gasteiger partial charge in [0.2, 0.25) is 0 Å². The van der Waals surface area contributed by atoms with Crippen LogP contribution < -0.4 is 5.32 Å². The Morgan fingerprint density at radius 2 is 2.00 bits per heavy atom. The summed E-state index contributed by atoms with van der Waals surface area (Å²) in [6, 6.07) is 11.4. The van der Waals surface area contributed by atoms with Crippen LogP contribution in [-0.2, 0) is 6.42 Å². The molecular weight excluding hydrogens is 316 g/mol. The van der Waals surface area contributed by atoms with Gasteiger partial charge in [0.1, 0.15) is 0 Å². The van der Waals surface area contributed by atoms with Crippen LogP contribution in [0.25, 0.3) is 0 Å². The van der Waals surface area contributed by atoms with Crippen molar-refractivity contribution in [3.63, 3.8) is 0 Å². The third kappa shape index (κ3) is 5.35. The Balaban J connectivity index is 2.06. The van der Waals surface area contributed by atoms with E-state index in [0.29, 0.717) is 17.4 Å². The SMILES string of the molecule is CC(C)CSC(=O)Nc1cccnc1Cc1ccc(Cl)cc1. The van der Waals surface area contributed by atoms with E-state index in [0.717, 1.165) is 22.7 Å². The van der Waals surface area contributed by atoms with Gasteiger partial charge >= 0.3 is 0 Å². The molecule has 1 aromatic carbocycles. The molecule has 3 nitrogen and oxygen atoms in total. The lowest BCUT2D eigenvalue weighted by Crippen LogP contribution is -2.10. The number of hydrogen-bond acceptors (Lipinski definition) is 3. The Hall–Kier alpha value is -1.52. The molecule has 0 aliphatic heterocycles. The molecule has 116 valence electrons. The van der Waals surface area contributed by atoms with Gasteiger partial charge in [0.05, 0.1) is 11.4 Å². The van der Waals surface area contributed by atoms with Crippen LogP contribution in [0.5, 0.6) is 0 Å². The van der Waals surface area contributed by atoms with Crippen molar-refractivity contribution in [3.05, 3.63) is 58.9 Å². The molecule has 0 saturated heterocycles. The van der Waals surface area contributed by atoms with E-state index >= 15 is 0 Å². The highest BCUT2D eigenvalue weighted by molar-refractivity contribution is 8.13. The van der Waals surface area contributed by atoms with Crippen molar-refractivity contribution in [2.75, 3.05) is 11.1 Å². The molecule has 22 heavy (non-hydrogen) atoms. The molecule has 1 N–H and O–H groups in total. The summed E-state index contributed by atoms with van der Waals surface area (Å²) in [7, 11) is 0. The zero-order valence-corrected chi connectivity index (χ0v) is 14.2. The number of amides is 1. The van der Waals surface area contributed by atoms with Gasteiger partial charge in [-0.05, 0) is 35.7 Å². The summed E-state index contributed by atoms with van der Waals surface area (Å²) in [5.74, 6) is 1.29. The van der Waals surface area contributed by atoms with Gasteiger partial charge in [0.25, 0.3) is 5.24 Å². The van der Waals surface area contributed by atoms with Gasteiger partial charge in [-0.3, -0.25) is 9.78 Å². The van der Waals surface area contributed by atoms with Crippen molar-refractivity contribution in [1.29, 1.82) is 0 Å². The average Bonchev–Trinajstić information content (AvgIpc) is 2.49. The van der Waals surface area contributed by atoms with Crippen molar-refractivity contribution >= 4 is 34.3 Å². The predicted molar refractivity (Wildman–Crippen MR) is 94.8 cm³/mol. The molecule has 0 spiro atoms. The van der Waals surface area contributed by atoms with E-state index in [-0.39, 0.29) is 5.24 Å². The molecule has 0 atom stereocenters. The monoisotopic (exact) mass is 334 g/mol. The Morgan fingerprint density at radius 1 is 1.27 bits per heavy atom. The molecule has 0 unspecified atom stereocenters. The van der Waals surface area contributed by atoms with Crippen molar-refractivity contribution in [2.45, 2.75) is 20.3 Å². The van der Waals surface area contributed by atoms with Gasteiger partial charge in [0, 0.05) is 23.4 Å². The highest BCUT2D eigenvalue weighted by atomic mass is 35.5. The van der Waals surface area contributed by atoms with Crippen LogP contribution in [0.3, 0.4) is 0 Å². The number of hydrogen-bond donors (Lipinski definition) is 1. The van der Waals surface area contributed by atoms with Gasteiger partial charge in [-0.25, -0.2) is 0 Å². The smallest absolute Gasteiger partial charge is 0.283 e. The number of benzene rings is 1. The summed E-state index contributed by atoms with van der Waals surface area (Å²) in [5, 5.41) is 3.60. The molecule has 5 heteroatoms. The van der Waals surface area contributed by atoms with Crippen LogP contribution >= 0.6 is 23.4 Å². The minimum atomic E-state index is -0.0425. The number of nitrogens with one attached hydrogen (secondary N) is 1. The molecule has 2 rings (SSSR count). The summed E-state index contributed by atoms with van der Waals surface area (Å²) in [6.07, 6.45) is 2.39. The van der Waals surface area contributed by atoms with Crippen LogP contribution in [-0.4, -0.2) is 16.0 Å². The minimum Gasteiger partial charge on any atom is -0.315 e. The molecule has 1 aromatic heterocycles. The molecule has 0 fully saturated rings. The number of carbonyl (C=O) groups is 1. The summed E-state index contributed by atoms with van der Waals surface area (Å²) in [5.41, 5.74) is 2.72. The molecule has 0 saturated carbocycles. The number of carbonyl (C=O) groups excluding carboxylic acids is 1. The lowest BCUT2D eigenvalue weighted by atomic mass is 10.1. The van der Waals surface area contributed by atoms with E-state index < -0.39 is 0 Å². The van der Waals surface area contributed by atoms with E-state index in [9.17, 15) is 4.79 Å². The Morgan fingerprint density at radius 3 is 2.68 bits per heavy atom. The maximum atomic E-state index is 12.0. The van der Waals surface area contributed by atoms with Gasteiger partial charge in [-0.2, -0.15) is 0 Å². The maximum absolute atomic E-state index is 12.0. The zero-order chi connectivity index (χ0) is 15.9. The third-order valence-electron chi connectivity index (χ3n) is 2.96. The molecule has 0 aliphatic carbocycles. The first-order chi connectivity index (χ1) is 10.5.